The van der Waals surface area contributed by atoms with Gasteiger partial charge in [-0.05, 0) is 86.1 Å². The number of hydrogen-bond donors (Lipinski definition) is 3. The van der Waals surface area contributed by atoms with Gasteiger partial charge in [-0.15, -0.1) is 0 Å². The maximum atomic E-state index is 13.1. The number of ether oxygens (including phenoxy) is 1. The second-order valence-electron chi connectivity index (χ2n) is 10.1. The molecule has 0 fully saturated rings. The lowest BCUT2D eigenvalue weighted by Crippen LogP contribution is -2.26. The summed E-state index contributed by atoms with van der Waals surface area (Å²) in [4.78, 5) is 11.9. The number of nitrogens with two attached hydrogens (primary N) is 1. The van der Waals surface area contributed by atoms with Crippen molar-refractivity contribution in [2.75, 3.05) is 24.7 Å². The Morgan fingerprint density at radius 2 is 1.72 bits per heavy atom. The molecule has 0 atom stereocenters. The molecule has 0 aliphatic rings. The summed E-state index contributed by atoms with van der Waals surface area (Å²) in [5.74, 6) is -0.261. The minimum Gasteiger partial charge on any atom is -0.491 e. The second kappa shape index (κ2) is 12.9. The number of rotatable bonds is 12. The molecule has 4 aromatic rings. The van der Waals surface area contributed by atoms with Gasteiger partial charge in [0.1, 0.15) is 5.75 Å². The lowest BCUT2D eigenvalue weighted by molar-refractivity contribution is -0.137. The van der Waals surface area contributed by atoms with Gasteiger partial charge in [0.25, 0.3) is 0 Å². The molecule has 4 N–H and O–H groups in total. The van der Waals surface area contributed by atoms with Gasteiger partial charge in [-0.25, -0.2) is 13.1 Å². The van der Waals surface area contributed by atoms with Crippen LogP contribution in [0.25, 0.3) is 22.4 Å². The Hall–Kier alpha value is -4.36. The third-order valence-electron chi connectivity index (χ3n) is 6.45. The molecule has 4 rings (SSSR count). The fourth-order valence-electron chi connectivity index (χ4n) is 4.38. The number of carbonyl (C=O) groups is 1. The molecule has 1 heterocycles. The lowest BCUT2D eigenvalue weighted by Gasteiger charge is -2.14. The summed E-state index contributed by atoms with van der Waals surface area (Å²) in [6.45, 7) is 4.14. The zero-order valence-corrected chi connectivity index (χ0v) is 24.6. The predicted octanol–water partition coefficient (Wildman–Crippen LogP) is 5.13. The zero-order chi connectivity index (χ0) is 31.4. The van der Waals surface area contributed by atoms with Gasteiger partial charge in [0.05, 0.1) is 29.7 Å². The number of hydrogen-bond acceptors (Lipinski definition) is 6. The Morgan fingerprint density at radius 1 is 1.02 bits per heavy atom. The van der Waals surface area contributed by atoms with Gasteiger partial charge in [0, 0.05) is 29.6 Å². The summed E-state index contributed by atoms with van der Waals surface area (Å²) in [5.41, 5.74) is 8.77. The normalized spacial score (nSPS) is 12.0. The van der Waals surface area contributed by atoms with Crippen molar-refractivity contribution in [1.29, 1.82) is 0 Å². The van der Waals surface area contributed by atoms with E-state index >= 15 is 0 Å². The van der Waals surface area contributed by atoms with Crippen LogP contribution in [0.15, 0.2) is 72.9 Å². The molecule has 0 saturated heterocycles. The fraction of sp³-hybridized carbons (Fsp3) is 0.267. The number of sulfonamides is 1. The van der Waals surface area contributed by atoms with Gasteiger partial charge < -0.3 is 15.8 Å². The van der Waals surface area contributed by atoms with Crippen molar-refractivity contribution < 1.29 is 31.1 Å². The number of anilines is 1. The molecule has 0 aliphatic carbocycles. The molecular weight excluding hydrogens is 583 g/mol. The molecule has 0 bridgehead atoms. The molecule has 43 heavy (non-hydrogen) atoms. The van der Waals surface area contributed by atoms with Crippen molar-refractivity contribution in [3.05, 3.63) is 89.6 Å². The van der Waals surface area contributed by atoms with Crippen LogP contribution in [-0.4, -0.2) is 49.6 Å². The fourth-order valence-corrected chi connectivity index (χ4v) is 4.95. The van der Waals surface area contributed by atoms with Gasteiger partial charge in [0.2, 0.25) is 15.9 Å². The standard InChI is InChI=1S/C30H32F3N5O4S/c1-19(2)42-25-15-20(14-23(16-25)29(34)39)18-38-12-10-28(37-38)26-17-22(21-4-7-24(8-5-21)30(31,32)33)6-9-27(26)36-11-13-43(40,41)35-3/h4-10,12,14-17,19,35-36H,11,13,18H2,1-3H3,(H2,34,39). The van der Waals surface area contributed by atoms with E-state index in [1.165, 1.54) is 19.2 Å². The number of benzene rings is 3. The molecule has 0 unspecified atom stereocenters. The van der Waals surface area contributed by atoms with E-state index in [0.717, 1.165) is 17.7 Å². The van der Waals surface area contributed by atoms with Crippen molar-refractivity contribution in [1.82, 2.24) is 14.5 Å². The van der Waals surface area contributed by atoms with Gasteiger partial charge in [-0.1, -0.05) is 18.2 Å². The number of nitrogens with zero attached hydrogens (tertiary/aromatic N) is 2. The quantitative estimate of drug-likeness (QED) is 0.203. The summed E-state index contributed by atoms with van der Waals surface area (Å²) in [5, 5.41) is 7.83. The molecule has 0 spiro atoms. The monoisotopic (exact) mass is 615 g/mol. The van der Waals surface area contributed by atoms with Crippen LogP contribution in [0.4, 0.5) is 18.9 Å². The topological polar surface area (TPSA) is 128 Å². The van der Waals surface area contributed by atoms with E-state index in [2.05, 4.69) is 10.0 Å². The Balaban J connectivity index is 1.68. The molecule has 1 aromatic heterocycles. The number of primary amides is 1. The van der Waals surface area contributed by atoms with Gasteiger partial charge in [-0.3, -0.25) is 9.48 Å². The highest BCUT2D eigenvalue weighted by atomic mass is 32.2. The first kappa shape index (κ1) is 31.6. The van der Waals surface area contributed by atoms with Crippen molar-refractivity contribution in [2.24, 2.45) is 5.73 Å². The molecule has 1 amide bonds. The number of alkyl halides is 3. The number of carbonyl (C=O) groups excluding carboxylic acids is 1. The summed E-state index contributed by atoms with van der Waals surface area (Å²) in [6.07, 6.45) is -2.82. The summed E-state index contributed by atoms with van der Waals surface area (Å²) in [7, 11) is -2.12. The van der Waals surface area contributed by atoms with Gasteiger partial charge in [-0.2, -0.15) is 18.3 Å². The SMILES string of the molecule is CNS(=O)(=O)CCNc1ccc(-c2ccc(C(F)(F)F)cc2)cc1-c1ccn(Cc2cc(OC(C)C)cc(C(N)=O)c2)n1. The van der Waals surface area contributed by atoms with Crippen molar-refractivity contribution in [2.45, 2.75) is 32.7 Å². The van der Waals surface area contributed by atoms with E-state index < -0.39 is 27.7 Å². The van der Waals surface area contributed by atoms with Crippen LogP contribution in [0.5, 0.6) is 5.75 Å². The van der Waals surface area contributed by atoms with Crippen LogP contribution < -0.4 is 20.5 Å². The van der Waals surface area contributed by atoms with Crippen molar-refractivity contribution >= 4 is 21.6 Å². The predicted molar refractivity (Wildman–Crippen MR) is 159 cm³/mol. The maximum absolute atomic E-state index is 13.1. The van der Waals surface area contributed by atoms with E-state index in [4.69, 9.17) is 15.6 Å². The molecule has 0 aliphatic heterocycles. The number of halogens is 3. The highest BCUT2D eigenvalue weighted by molar-refractivity contribution is 7.89. The average molecular weight is 616 g/mol. The summed E-state index contributed by atoms with van der Waals surface area (Å²) >= 11 is 0. The highest BCUT2D eigenvalue weighted by Gasteiger charge is 2.30. The number of aromatic nitrogens is 2. The second-order valence-corrected chi connectivity index (χ2v) is 12.1. The van der Waals surface area contributed by atoms with E-state index in [9.17, 15) is 26.4 Å². The largest absolute Gasteiger partial charge is 0.491 e. The van der Waals surface area contributed by atoms with Gasteiger partial charge in [0.15, 0.2) is 0 Å². The third-order valence-corrected chi connectivity index (χ3v) is 7.81. The maximum Gasteiger partial charge on any atom is 0.416 e. The smallest absolute Gasteiger partial charge is 0.416 e. The Kier molecular flexibility index (Phi) is 9.46. The zero-order valence-electron chi connectivity index (χ0n) is 23.8. The van der Waals surface area contributed by atoms with Crippen LogP contribution in [0.3, 0.4) is 0 Å². The molecule has 9 nitrogen and oxygen atoms in total. The van der Waals surface area contributed by atoms with Crippen molar-refractivity contribution in [3.63, 3.8) is 0 Å². The Labute approximate surface area is 247 Å². The first-order valence-corrected chi connectivity index (χ1v) is 15.0. The molecule has 0 radical (unpaired) electrons. The lowest BCUT2D eigenvalue weighted by atomic mass is 9.99. The van der Waals surface area contributed by atoms with Crippen LogP contribution >= 0.6 is 0 Å². The van der Waals surface area contributed by atoms with E-state index in [1.807, 2.05) is 13.8 Å². The third kappa shape index (κ3) is 8.36. The van der Waals surface area contributed by atoms with Crippen LogP contribution in [0.1, 0.15) is 35.3 Å². The Morgan fingerprint density at radius 3 is 2.35 bits per heavy atom. The number of nitrogens with one attached hydrogen (secondary N) is 2. The van der Waals surface area contributed by atoms with Crippen LogP contribution in [0, 0.1) is 0 Å². The Bertz CT molecular complexity index is 1700. The van der Waals surface area contributed by atoms with Crippen LogP contribution in [-0.2, 0) is 22.7 Å². The van der Waals surface area contributed by atoms with Crippen molar-refractivity contribution in [3.8, 4) is 28.1 Å². The molecule has 0 saturated carbocycles. The van der Waals surface area contributed by atoms with Gasteiger partial charge >= 0.3 is 6.18 Å². The molecule has 13 heteroatoms. The van der Waals surface area contributed by atoms with E-state index in [-0.39, 0.29) is 24.9 Å². The minimum absolute atomic E-state index is 0.106. The number of amides is 1. The average Bonchev–Trinajstić information content (AvgIpc) is 3.40. The van der Waals surface area contributed by atoms with E-state index in [0.29, 0.717) is 39.4 Å². The molecular formula is C30H32F3N5O4S. The summed E-state index contributed by atoms with van der Waals surface area (Å²) in [6, 6.07) is 16.9. The minimum atomic E-state index is -4.45. The highest BCUT2D eigenvalue weighted by Crippen LogP contribution is 2.34. The molecule has 3 aromatic carbocycles. The van der Waals surface area contributed by atoms with E-state index in [1.54, 1.807) is 53.3 Å². The van der Waals surface area contributed by atoms with Crippen LogP contribution in [0.2, 0.25) is 0 Å². The summed E-state index contributed by atoms with van der Waals surface area (Å²) < 4.78 is 72.8. The first-order chi connectivity index (χ1) is 20.2. The first-order valence-electron chi connectivity index (χ1n) is 13.3. The molecule has 228 valence electrons.